The minimum Gasteiger partial charge on any atom is -0.327 e. The van der Waals surface area contributed by atoms with Gasteiger partial charge in [-0.3, -0.25) is 29.0 Å². The Bertz CT molecular complexity index is 1580. The molecule has 1 aliphatic heterocycles. The number of rotatable bonds is 9. The molecule has 0 spiro atoms. The summed E-state index contributed by atoms with van der Waals surface area (Å²) in [4.78, 5) is 58.5. The highest BCUT2D eigenvalue weighted by Crippen LogP contribution is 2.59. The van der Waals surface area contributed by atoms with E-state index in [1.54, 1.807) is 54.7 Å². The summed E-state index contributed by atoms with van der Waals surface area (Å²) in [6.45, 7) is 12.4. The quantitative estimate of drug-likeness (QED) is 0.238. The van der Waals surface area contributed by atoms with Crippen molar-refractivity contribution >= 4 is 34.1 Å². The number of hydrogen-bond acceptors (Lipinski definition) is 8. The van der Waals surface area contributed by atoms with Crippen molar-refractivity contribution in [1.82, 2.24) is 29.6 Å². The molecule has 3 aromatic rings. The molecule has 10 nitrogen and oxygen atoms in total. The fourth-order valence-corrected chi connectivity index (χ4v) is 5.32. The predicted molar refractivity (Wildman–Crippen MR) is 147 cm³/mol. The van der Waals surface area contributed by atoms with Gasteiger partial charge < -0.3 is 4.90 Å². The normalized spacial score (nSPS) is 22.2. The van der Waals surface area contributed by atoms with Gasteiger partial charge in [0.2, 0.25) is 11.7 Å². The lowest BCUT2D eigenvalue weighted by Crippen LogP contribution is -2.46. The summed E-state index contributed by atoms with van der Waals surface area (Å²) in [7, 11) is 0. The second kappa shape index (κ2) is 9.94. The van der Waals surface area contributed by atoms with Crippen LogP contribution in [0, 0.1) is 12.3 Å². The molecule has 4 heterocycles. The fraction of sp³-hybridized carbons (Fsp3) is 0.310. The Kier molecular flexibility index (Phi) is 6.63. The Hall–Kier alpha value is -4.60. The number of likely N-dealkylation sites (tertiary alicyclic amines) is 1. The van der Waals surface area contributed by atoms with Crippen molar-refractivity contribution in [3.05, 3.63) is 73.8 Å². The summed E-state index contributed by atoms with van der Waals surface area (Å²) in [5.41, 5.74) is 2.20. The SMILES string of the molecule is C=C/C=C\C(=N/C=C)C(=O)[C@@H]1C[C@@]2(C)C[C@H]2N1C(=O)Cn1nc(C(C)=O)c2cc(-c3cnc(C)nc3)ncc21. The molecule has 1 aliphatic carbocycles. The second-order valence-corrected chi connectivity index (χ2v) is 10.2. The Morgan fingerprint density at radius 3 is 2.56 bits per heavy atom. The average Bonchev–Trinajstić information content (AvgIpc) is 3.28. The van der Waals surface area contributed by atoms with E-state index in [0.29, 0.717) is 34.4 Å². The molecule has 0 aromatic carbocycles. The fourth-order valence-electron chi connectivity index (χ4n) is 5.32. The van der Waals surface area contributed by atoms with E-state index < -0.39 is 6.04 Å². The van der Waals surface area contributed by atoms with Gasteiger partial charge in [-0.15, -0.1) is 0 Å². The summed E-state index contributed by atoms with van der Waals surface area (Å²) in [6.07, 6.45) is 12.4. The molecule has 10 heteroatoms. The van der Waals surface area contributed by atoms with Gasteiger partial charge in [-0.2, -0.15) is 5.10 Å². The molecule has 0 radical (unpaired) electrons. The average molecular weight is 524 g/mol. The van der Waals surface area contributed by atoms with E-state index in [0.717, 1.165) is 6.42 Å². The third kappa shape index (κ3) is 4.73. The van der Waals surface area contributed by atoms with Gasteiger partial charge in [-0.05, 0) is 37.3 Å². The zero-order valence-electron chi connectivity index (χ0n) is 22.2. The second-order valence-electron chi connectivity index (χ2n) is 10.2. The Balaban J connectivity index is 1.47. The molecular formula is C29H29N7O3. The molecule has 5 rings (SSSR count). The summed E-state index contributed by atoms with van der Waals surface area (Å²) in [5.74, 6) is -0.0793. The first-order valence-corrected chi connectivity index (χ1v) is 12.7. The van der Waals surface area contributed by atoms with Gasteiger partial charge in [0.1, 0.15) is 23.8 Å². The number of allylic oxidation sites excluding steroid dienone is 3. The van der Waals surface area contributed by atoms with Crippen molar-refractivity contribution in [2.24, 2.45) is 10.4 Å². The molecule has 1 amide bonds. The van der Waals surface area contributed by atoms with Gasteiger partial charge in [0.25, 0.3) is 0 Å². The van der Waals surface area contributed by atoms with E-state index >= 15 is 0 Å². The van der Waals surface area contributed by atoms with Gasteiger partial charge in [-0.25, -0.2) is 9.97 Å². The van der Waals surface area contributed by atoms with Gasteiger partial charge >= 0.3 is 0 Å². The number of aliphatic imine (C=N–C) groups is 1. The zero-order valence-corrected chi connectivity index (χ0v) is 22.2. The first-order valence-electron chi connectivity index (χ1n) is 12.7. The minimum atomic E-state index is -0.644. The summed E-state index contributed by atoms with van der Waals surface area (Å²) < 4.78 is 1.49. The summed E-state index contributed by atoms with van der Waals surface area (Å²) in [6, 6.07) is 1.08. The number of aryl methyl sites for hydroxylation is 1. The van der Waals surface area contributed by atoms with Crippen LogP contribution in [0.5, 0.6) is 0 Å². The number of fused-ring (bicyclic) bond motifs is 2. The minimum absolute atomic E-state index is 0.0346. The number of piperidine rings is 1. The highest BCUT2D eigenvalue weighted by molar-refractivity contribution is 6.46. The topological polar surface area (TPSA) is 123 Å². The van der Waals surface area contributed by atoms with Crippen LogP contribution in [0.25, 0.3) is 22.2 Å². The molecule has 1 saturated carbocycles. The van der Waals surface area contributed by atoms with Crippen LogP contribution < -0.4 is 0 Å². The van der Waals surface area contributed by atoms with Gasteiger partial charge in [0.15, 0.2) is 5.78 Å². The van der Waals surface area contributed by atoms with Crippen molar-refractivity contribution < 1.29 is 14.4 Å². The lowest BCUT2D eigenvalue weighted by Gasteiger charge is -2.26. The van der Waals surface area contributed by atoms with Crippen LogP contribution in [0.4, 0.5) is 0 Å². The molecule has 3 aromatic heterocycles. The number of nitrogens with zero attached hydrogens (tertiary/aromatic N) is 7. The number of hydrogen-bond donors (Lipinski definition) is 0. The summed E-state index contributed by atoms with van der Waals surface area (Å²) >= 11 is 0. The molecule has 0 N–H and O–H groups in total. The van der Waals surface area contributed by atoms with E-state index in [9.17, 15) is 14.4 Å². The van der Waals surface area contributed by atoms with E-state index in [2.05, 4.69) is 45.1 Å². The van der Waals surface area contributed by atoms with Crippen molar-refractivity contribution in [1.29, 1.82) is 0 Å². The Morgan fingerprint density at radius 2 is 1.90 bits per heavy atom. The van der Waals surface area contributed by atoms with Crippen molar-refractivity contribution in [2.45, 2.75) is 52.2 Å². The third-order valence-electron chi connectivity index (χ3n) is 7.43. The largest absolute Gasteiger partial charge is 0.327 e. The van der Waals surface area contributed by atoms with Gasteiger partial charge in [0.05, 0.1) is 23.4 Å². The molecule has 0 bridgehead atoms. The first-order chi connectivity index (χ1) is 18.7. The number of amides is 1. The van der Waals surface area contributed by atoms with Crippen molar-refractivity contribution in [2.75, 3.05) is 0 Å². The maximum atomic E-state index is 13.7. The third-order valence-corrected chi connectivity index (χ3v) is 7.43. The van der Waals surface area contributed by atoms with E-state index in [1.807, 2.05) is 0 Å². The Labute approximate surface area is 225 Å². The molecule has 198 valence electrons. The molecule has 2 fully saturated rings. The van der Waals surface area contributed by atoms with Gasteiger partial charge in [-0.1, -0.05) is 32.2 Å². The van der Waals surface area contributed by atoms with E-state index in [-0.39, 0.29) is 46.9 Å². The highest BCUT2D eigenvalue weighted by Gasteiger charge is 2.64. The Morgan fingerprint density at radius 1 is 1.15 bits per heavy atom. The number of carbonyl (C=O) groups excluding carboxylic acids is 3. The molecular weight excluding hydrogens is 494 g/mol. The molecule has 2 aliphatic rings. The number of carbonyl (C=O) groups is 3. The highest BCUT2D eigenvalue weighted by atomic mass is 16.2. The van der Waals surface area contributed by atoms with Crippen molar-refractivity contribution in [3.8, 4) is 11.3 Å². The van der Waals surface area contributed by atoms with Gasteiger partial charge in [0, 0.05) is 42.5 Å². The van der Waals surface area contributed by atoms with Crippen LogP contribution in [0.1, 0.15) is 43.0 Å². The molecule has 3 atom stereocenters. The van der Waals surface area contributed by atoms with Crippen LogP contribution in [0.15, 0.2) is 67.2 Å². The smallest absolute Gasteiger partial charge is 0.245 e. The van der Waals surface area contributed by atoms with Crippen LogP contribution >= 0.6 is 0 Å². The van der Waals surface area contributed by atoms with Crippen LogP contribution in [-0.4, -0.2) is 64.9 Å². The maximum Gasteiger partial charge on any atom is 0.245 e. The first kappa shape index (κ1) is 26.0. The van der Waals surface area contributed by atoms with Crippen LogP contribution in [0.2, 0.25) is 0 Å². The molecule has 0 unspecified atom stereocenters. The predicted octanol–water partition coefficient (Wildman–Crippen LogP) is 3.67. The van der Waals surface area contributed by atoms with E-state index in [4.69, 9.17) is 0 Å². The maximum absolute atomic E-state index is 13.7. The standard InChI is InChI=1S/C29H29N7O3/c1-6-8-9-21(30-7-2)28(39)23-11-29(5)12-25(29)36(23)26(38)16-35-24-15-33-22(19-13-31-18(4)32-14-19)10-20(24)27(34-35)17(3)37/h6-10,13-15,23,25H,1-2,11-12,16H2,3-5H3/b9-8-,30-21+/t23-,25+,29-/m0/s1. The monoisotopic (exact) mass is 523 g/mol. The molecule has 1 saturated heterocycles. The number of aromatic nitrogens is 5. The number of Topliss-reactive ketones (excluding diaryl/α,β-unsaturated/α-hetero) is 2. The van der Waals surface area contributed by atoms with Crippen LogP contribution in [0.3, 0.4) is 0 Å². The summed E-state index contributed by atoms with van der Waals surface area (Å²) in [5, 5.41) is 5.07. The zero-order chi connectivity index (χ0) is 27.9. The van der Waals surface area contributed by atoms with Crippen LogP contribution in [-0.2, 0) is 16.1 Å². The lowest BCUT2D eigenvalue weighted by atomic mass is 9.96. The van der Waals surface area contributed by atoms with E-state index in [1.165, 1.54) is 17.8 Å². The molecule has 39 heavy (non-hydrogen) atoms. The number of pyridine rings is 1. The lowest BCUT2D eigenvalue weighted by molar-refractivity contribution is -0.137. The number of ketones is 2. The van der Waals surface area contributed by atoms with Crippen molar-refractivity contribution in [3.63, 3.8) is 0 Å².